The summed E-state index contributed by atoms with van der Waals surface area (Å²) >= 11 is 0. The Labute approximate surface area is 127 Å². The van der Waals surface area contributed by atoms with Gasteiger partial charge in [-0.25, -0.2) is 0 Å². The molecular formula is C18H26O3. The van der Waals surface area contributed by atoms with Crippen molar-refractivity contribution in [1.29, 1.82) is 0 Å². The van der Waals surface area contributed by atoms with Gasteiger partial charge in [-0.05, 0) is 48.8 Å². The maximum Gasteiger partial charge on any atom is 0.140 e. The van der Waals surface area contributed by atoms with Gasteiger partial charge in [-0.3, -0.25) is 9.59 Å². The zero-order chi connectivity index (χ0) is 16.3. The van der Waals surface area contributed by atoms with E-state index in [0.717, 1.165) is 16.7 Å². The maximum absolute atomic E-state index is 11.6. The van der Waals surface area contributed by atoms with E-state index in [9.17, 15) is 14.7 Å². The molecule has 0 aliphatic rings. The number of hydrogen-bond acceptors (Lipinski definition) is 3. The molecule has 3 heteroatoms. The molecule has 0 fully saturated rings. The van der Waals surface area contributed by atoms with Gasteiger partial charge in [-0.1, -0.05) is 39.8 Å². The average molecular weight is 290 g/mol. The Balaban J connectivity index is 3.30. The van der Waals surface area contributed by atoms with Crippen LogP contribution in [-0.2, 0) is 16.0 Å². The van der Waals surface area contributed by atoms with E-state index in [4.69, 9.17) is 0 Å². The van der Waals surface area contributed by atoms with Crippen LogP contribution in [0.2, 0.25) is 0 Å². The van der Waals surface area contributed by atoms with Crippen LogP contribution < -0.4 is 0 Å². The predicted octanol–water partition coefficient (Wildman–Crippen LogP) is 3.98. The first-order chi connectivity index (χ1) is 9.65. The van der Waals surface area contributed by atoms with Crippen molar-refractivity contribution in [1.82, 2.24) is 0 Å². The van der Waals surface area contributed by atoms with Crippen LogP contribution in [0.15, 0.2) is 12.1 Å². The first kappa shape index (κ1) is 17.4. The molecule has 1 aromatic rings. The molecule has 0 bridgehead atoms. The highest BCUT2D eigenvalue weighted by Gasteiger charge is 2.22. The molecule has 1 rings (SSSR count). The Kier molecular flexibility index (Phi) is 5.70. The molecule has 21 heavy (non-hydrogen) atoms. The van der Waals surface area contributed by atoms with Crippen molar-refractivity contribution in [3.63, 3.8) is 0 Å². The highest BCUT2D eigenvalue weighted by atomic mass is 16.3. The van der Waals surface area contributed by atoms with Gasteiger partial charge in [0.1, 0.15) is 17.3 Å². The number of phenolic OH excluding ortho intramolecular Hbond substituents is 1. The van der Waals surface area contributed by atoms with E-state index >= 15 is 0 Å². The highest BCUT2D eigenvalue weighted by molar-refractivity contribution is 6.00. The monoisotopic (exact) mass is 290 g/mol. The lowest BCUT2D eigenvalue weighted by molar-refractivity contribution is -0.130. The fraction of sp³-hybridized carbons (Fsp3) is 0.556. The SMILES string of the molecule is CC(=O)C(Cc1cc(C(C)C)c(O)c(C(C)C)c1)C(C)=O. The lowest BCUT2D eigenvalue weighted by atomic mass is 9.86. The minimum atomic E-state index is -0.588. The third kappa shape index (κ3) is 4.16. The molecule has 0 unspecified atom stereocenters. The topological polar surface area (TPSA) is 54.4 Å². The fourth-order valence-electron chi connectivity index (χ4n) is 2.55. The lowest BCUT2D eigenvalue weighted by Gasteiger charge is -2.19. The summed E-state index contributed by atoms with van der Waals surface area (Å²) in [5, 5.41) is 10.4. The molecule has 0 aromatic heterocycles. The molecule has 3 nitrogen and oxygen atoms in total. The molecule has 1 N–H and O–H groups in total. The van der Waals surface area contributed by atoms with Gasteiger partial charge in [0.25, 0.3) is 0 Å². The van der Waals surface area contributed by atoms with E-state index in [1.165, 1.54) is 13.8 Å². The van der Waals surface area contributed by atoms with Gasteiger partial charge in [-0.2, -0.15) is 0 Å². The molecule has 0 heterocycles. The highest BCUT2D eigenvalue weighted by Crippen LogP contribution is 2.35. The number of carbonyl (C=O) groups excluding carboxylic acids is 2. The molecule has 0 spiro atoms. The van der Waals surface area contributed by atoms with Crippen molar-refractivity contribution in [2.24, 2.45) is 5.92 Å². The number of hydrogen-bond donors (Lipinski definition) is 1. The van der Waals surface area contributed by atoms with Gasteiger partial charge in [-0.15, -0.1) is 0 Å². The van der Waals surface area contributed by atoms with Crippen LogP contribution in [0.5, 0.6) is 5.75 Å². The number of rotatable bonds is 6. The Morgan fingerprint density at radius 2 is 1.33 bits per heavy atom. The van der Waals surface area contributed by atoms with Crippen LogP contribution in [0.1, 0.15) is 70.1 Å². The normalized spacial score (nSPS) is 11.5. The zero-order valence-electron chi connectivity index (χ0n) is 13.9. The summed E-state index contributed by atoms with van der Waals surface area (Å²) in [6.07, 6.45) is 0.407. The van der Waals surface area contributed by atoms with Crippen LogP contribution in [-0.4, -0.2) is 16.7 Å². The molecule has 0 amide bonds. The van der Waals surface area contributed by atoms with Gasteiger partial charge >= 0.3 is 0 Å². The third-order valence-electron chi connectivity index (χ3n) is 3.89. The van der Waals surface area contributed by atoms with E-state index in [0.29, 0.717) is 12.2 Å². The molecule has 0 aliphatic carbocycles. The first-order valence-electron chi connectivity index (χ1n) is 7.51. The number of carbonyl (C=O) groups is 2. The quantitative estimate of drug-likeness (QED) is 0.806. The van der Waals surface area contributed by atoms with Gasteiger partial charge in [0, 0.05) is 0 Å². The summed E-state index contributed by atoms with van der Waals surface area (Å²) in [5.74, 6) is -0.0767. The maximum atomic E-state index is 11.6. The second-order valence-electron chi connectivity index (χ2n) is 6.41. The minimum Gasteiger partial charge on any atom is -0.507 e. The van der Waals surface area contributed by atoms with Crippen LogP contribution >= 0.6 is 0 Å². The molecule has 0 atom stereocenters. The van der Waals surface area contributed by atoms with Crippen molar-refractivity contribution in [2.45, 2.75) is 59.8 Å². The molecule has 0 saturated heterocycles. The fourth-order valence-corrected chi connectivity index (χ4v) is 2.55. The predicted molar refractivity (Wildman–Crippen MR) is 84.8 cm³/mol. The Hall–Kier alpha value is -1.64. The molecule has 0 saturated carbocycles. The summed E-state index contributed by atoms with van der Waals surface area (Å²) in [6.45, 7) is 11.0. The molecule has 0 aliphatic heterocycles. The van der Waals surface area contributed by atoms with Crippen LogP contribution in [0, 0.1) is 5.92 Å². The number of Topliss-reactive ketones (excluding diaryl/α,β-unsaturated/α-hetero) is 2. The van der Waals surface area contributed by atoms with E-state index in [-0.39, 0.29) is 23.4 Å². The van der Waals surface area contributed by atoms with Crippen molar-refractivity contribution >= 4 is 11.6 Å². The summed E-state index contributed by atoms with van der Waals surface area (Å²) in [4.78, 5) is 23.2. The van der Waals surface area contributed by atoms with E-state index in [2.05, 4.69) is 0 Å². The van der Waals surface area contributed by atoms with E-state index in [1.807, 2.05) is 39.8 Å². The smallest absolute Gasteiger partial charge is 0.140 e. The van der Waals surface area contributed by atoms with Crippen molar-refractivity contribution in [3.05, 3.63) is 28.8 Å². The minimum absolute atomic E-state index is 0.104. The molecular weight excluding hydrogens is 264 g/mol. The Morgan fingerprint density at radius 3 is 1.62 bits per heavy atom. The number of benzene rings is 1. The van der Waals surface area contributed by atoms with Crippen LogP contribution in [0.25, 0.3) is 0 Å². The molecule has 1 aromatic carbocycles. The Bertz CT molecular complexity index is 498. The first-order valence-corrected chi connectivity index (χ1v) is 7.51. The lowest BCUT2D eigenvalue weighted by Crippen LogP contribution is -2.22. The third-order valence-corrected chi connectivity index (χ3v) is 3.89. The van der Waals surface area contributed by atoms with Crippen LogP contribution in [0.3, 0.4) is 0 Å². The second kappa shape index (κ2) is 6.88. The van der Waals surface area contributed by atoms with Crippen molar-refractivity contribution in [2.75, 3.05) is 0 Å². The average Bonchev–Trinajstić information content (AvgIpc) is 2.35. The van der Waals surface area contributed by atoms with Gasteiger partial charge in [0.05, 0.1) is 5.92 Å². The number of aromatic hydroxyl groups is 1. The van der Waals surface area contributed by atoms with Gasteiger partial charge in [0.15, 0.2) is 0 Å². The summed E-state index contributed by atoms with van der Waals surface area (Å²) in [6, 6.07) is 3.84. The van der Waals surface area contributed by atoms with Gasteiger partial charge < -0.3 is 5.11 Å². The second-order valence-corrected chi connectivity index (χ2v) is 6.41. The van der Waals surface area contributed by atoms with Crippen LogP contribution in [0.4, 0.5) is 0 Å². The largest absolute Gasteiger partial charge is 0.507 e. The summed E-state index contributed by atoms with van der Waals surface area (Å²) < 4.78 is 0. The van der Waals surface area contributed by atoms with Crippen molar-refractivity contribution < 1.29 is 14.7 Å². The standard InChI is InChI=1S/C18H26O3/c1-10(2)15-7-14(8-16(11(3)4)18(15)21)9-17(12(5)19)13(6)20/h7-8,10-11,17,21H,9H2,1-6H3. The summed E-state index contributed by atoms with van der Waals surface area (Å²) in [5.41, 5.74) is 2.69. The van der Waals surface area contributed by atoms with Gasteiger partial charge in [0.2, 0.25) is 0 Å². The Morgan fingerprint density at radius 1 is 0.952 bits per heavy atom. The summed E-state index contributed by atoms with van der Waals surface area (Å²) in [7, 11) is 0. The zero-order valence-corrected chi connectivity index (χ0v) is 13.9. The number of phenols is 1. The van der Waals surface area contributed by atoms with E-state index in [1.54, 1.807) is 0 Å². The van der Waals surface area contributed by atoms with E-state index < -0.39 is 5.92 Å². The molecule has 116 valence electrons. The number of ketones is 2. The van der Waals surface area contributed by atoms with Crippen molar-refractivity contribution in [3.8, 4) is 5.75 Å². The molecule has 0 radical (unpaired) electrons.